The van der Waals surface area contributed by atoms with Crippen LogP contribution in [0.4, 0.5) is 5.69 Å². The third kappa shape index (κ3) is 3.08. The van der Waals surface area contributed by atoms with E-state index in [0.717, 1.165) is 23.6 Å². The van der Waals surface area contributed by atoms with Crippen LogP contribution in [0.2, 0.25) is 0 Å². The number of hydrogen-bond acceptors (Lipinski definition) is 4. The van der Waals surface area contributed by atoms with Crippen LogP contribution in [0.5, 0.6) is 0 Å². The van der Waals surface area contributed by atoms with Crippen molar-refractivity contribution in [3.63, 3.8) is 0 Å². The lowest BCUT2D eigenvalue weighted by molar-refractivity contribution is 0.102. The molecule has 24 heavy (non-hydrogen) atoms. The van der Waals surface area contributed by atoms with Crippen molar-refractivity contribution >= 4 is 11.6 Å². The van der Waals surface area contributed by atoms with Crippen LogP contribution in [-0.2, 0) is 13.2 Å². The van der Waals surface area contributed by atoms with Gasteiger partial charge in [-0.1, -0.05) is 0 Å². The summed E-state index contributed by atoms with van der Waals surface area (Å²) in [5.41, 5.74) is 4.00. The molecule has 3 aromatic heterocycles. The van der Waals surface area contributed by atoms with E-state index in [4.69, 9.17) is 0 Å². The lowest BCUT2D eigenvalue weighted by Gasteiger charge is -2.05. The summed E-state index contributed by atoms with van der Waals surface area (Å²) in [6.07, 6.45) is 3.43. The van der Waals surface area contributed by atoms with E-state index in [9.17, 15) is 4.79 Å². The van der Waals surface area contributed by atoms with Crippen LogP contribution in [0, 0.1) is 20.8 Å². The maximum absolute atomic E-state index is 12.4. The molecule has 0 spiro atoms. The average Bonchev–Trinajstić information content (AvgIpc) is 3.22. The van der Waals surface area contributed by atoms with Crippen LogP contribution >= 0.6 is 0 Å². The van der Waals surface area contributed by atoms with E-state index in [0.29, 0.717) is 18.1 Å². The molecule has 1 amide bonds. The minimum Gasteiger partial charge on any atom is -0.318 e. The van der Waals surface area contributed by atoms with Gasteiger partial charge < -0.3 is 5.32 Å². The van der Waals surface area contributed by atoms with Crippen molar-refractivity contribution in [1.82, 2.24) is 29.3 Å². The van der Waals surface area contributed by atoms with Crippen molar-refractivity contribution in [2.24, 2.45) is 0 Å². The molecule has 1 N–H and O–H groups in total. The maximum atomic E-state index is 12.4. The van der Waals surface area contributed by atoms with E-state index in [2.05, 4.69) is 20.6 Å². The molecule has 0 aliphatic rings. The van der Waals surface area contributed by atoms with E-state index < -0.39 is 0 Å². The van der Waals surface area contributed by atoms with Gasteiger partial charge in [-0.15, -0.1) is 0 Å². The van der Waals surface area contributed by atoms with Crippen LogP contribution in [0.3, 0.4) is 0 Å². The number of carbonyl (C=O) groups is 1. The van der Waals surface area contributed by atoms with Crippen LogP contribution in [0.1, 0.15) is 34.5 Å². The Morgan fingerprint density at radius 3 is 2.62 bits per heavy atom. The van der Waals surface area contributed by atoms with E-state index in [1.807, 2.05) is 43.1 Å². The summed E-state index contributed by atoms with van der Waals surface area (Å²) in [6, 6.07) is 3.70. The Labute approximate surface area is 140 Å². The molecule has 0 fully saturated rings. The Kier molecular flexibility index (Phi) is 4.20. The molecular weight excluding hydrogens is 306 g/mol. The minimum absolute atomic E-state index is 0.249. The van der Waals surface area contributed by atoms with E-state index in [1.165, 1.54) is 0 Å². The molecule has 0 saturated carbocycles. The van der Waals surface area contributed by atoms with E-state index in [1.54, 1.807) is 23.1 Å². The lowest BCUT2D eigenvalue weighted by Crippen LogP contribution is -2.16. The normalized spacial score (nSPS) is 11.0. The van der Waals surface area contributed by atoms with Gasteiger partial charge in [0.25, 0.3) is 5.91 Å². The molecule has 0 saturated heterocycles. The second kappa shape index (κ2) is 6.31. The van der Waals surface area contributed by atoms with Crippen molar-refractivity contribution in [2.45, 2.75) is 40.9 Å². The largest absolute Gasteiger partial charge is 0.318 e. The summed E-state index contributed by atoms with van der Waals surface area (Å²) < 4.78 is 5.37. The van der Waals surface area contributed by atoms with Gasteiger partial charge >= 0.3 is 0 Å². The van der Waals surface area contributed by atoms with E-state index >= 15 is 0 Å². The SMILES string of the molecule is CCn1ncc(NC(=O)c2ccn(Cn3nc(C)cc3C)n2)c1C. The molecule has 0 radical (unpaired) electrons. The minimum atomic E-state index is -0.249. The summed E-state index contributed by atoms with van der Waals surface area (Å²) in [7, 11) is 0. The molecule has 0 unspecified atom stereocenters. The van der Waals surface area contributed by atoms with Crippen LogP contribution in [-0.4, -0.2) is 35.2 Å². The number of carbonyl (C=O) groups excluding carboxylic acids is 1. The van der Waals surface area contributed by atoms with Gasteiger partial charge in [-0.3, -0.25) is 14.2 Å². The molecule has 3 heterocycles. The molecule has 3 rings (SSSR count). The summed E-state index contributed by atoms with van der Waals surface area (Å²) in [6.45, 7) is 9.11. The number of amides is 1. The number of hydrogen-bond donors (Lipinski definition) is 1. The highest BCUT2D eigenvalue weighted by Crippen LogP contribution is 2.14. The Morgan fingerprint density at radius 2 is 2.00 bits per heavy atom. The van der Waals surface area contributed by atoms with E-state index in [-0.39, 0.29) is 5.91 Å². The molecule has 0 aliphatic carbocycles. The average molecular weight is 327 g/mol. The molecule has 3 aromatic rings. The number of nitrogens with zero attached hydrogens (tertiary/aromatic N) is 6. The molecule has 0 bridgehead atoms. The molecule has 0 atom stereocenters. The number of anilines is 1. The van der Waals surface area contributed by atoms with Gasteiger partial charge in [0.05, 0.1) is 23.3 Å². The Bertz CT molecular complexity index is 871. The molecule has 8 nitrogen and oxygen atoms in total. The van der Waals surface area contributed by atoms with Crippen LogP contribution in [0.25, 0.3) is 0 Å². The summed E-state index contributed by atoms with van der Waals surface area (Å²) in [5.74, 6) is -0.249. The van der Waals surface area contributed by atoms with Gasteiger partial charge in [0, 0.05) is 18.4 Å². The Balaban J connectivity index is 1.71. The molecule has 0 aromatic carbocycles. The second-order valence-electron chi connectivity index (χ2n) is 5.72. The number of nitrogens with one attached hydrogen (secondary N) is 1. The van der Waals surface area contributed by atoms with Crippen molar-refractivity contribution in [3.05, 3.63) is 47.3 Å². The van der Waals surface area contributed by atoms with Gasteiger partial charge in [-0.05, 0) is 39.8 Å². The second-order valence-corrected chi connectivity index (χ2v) is 5.72. The third-order valence-electron chi connectivity index (χ3n) is 3.91. The number of aryl methyl sites for hydroxylation is 3. The van der Waals surface area contributed by atoms with Gasteiger partial charge in [-0.25, -0.2) is 4.68 Å². The van der Waals surface area contributed by atoms with Gasteiger partial charge in [0.15, 0.2) is 5.69 Å². The topological polar surface area (TPSA) is 82.6 Å². The molecule has 8 heteroatoms. The Hall–Kier alpha value is -2.90. The van der Waals surface area contributed by atoms with Gasteiger partial charge in [0.1, 0.15) is 6.67 Å². The first kappa shape index (κ1) is 16.0. The predicted octanol–water partition coefficient (Wildman–Crippen LogP) is 1.98. The molecular formula is C16H21N7O. The fourth-order valence-electron chi connectivity index (χ4n) is 2.59. The third-order valence-corrected chi connectivity index (χ3v) is 3.91. The zero-order valence-electron chi connectivity index (χ0n) is 14.3. The van der Waals surface area contributed by atoms with Gasteiger partial charge in [0.2, 0.25) is 0 Å². The number of rotatable bonds is 5. The van der Waals surface area contributed by atoms with Gasteiger partial charge in [-0.2, -0.15) is 15.3 Å². The van der Waals surface area contributed by atoms with Crippen molar-refractivity contribution in [1.29, 1.82) is 0 Å². The molecule has 126 valence electrons. The monoisotopic (exact) mass is 327 g/mol. The standard InChI is InChI=1S/C16H21N7O/c1-5-22-13(4)15(9-17-22)18-16(24)14-6-7-21(20-14)10-23-12(3)8-11(2)19-23/h6-9H,5,10H2,1-4H3,(H,18,24). The van der Waals surface area contributed by atoms with Crippen molar-refractivity contribution in [2.75, 3.05) is 5.32 Å². The first-order chi connectivity index (χ1) is 11.5. The summed E-state index contributed by atoms with van der Waals surface area (Å²) in [5, 5.41) is 15.8. The smallest absolute Gasteiger partial charge is 0.276 e. The molecule has 0 aliphatic heterocycles. The highest BCUT2D eigenvalue weighted by atomic mass is 16.2. The summed E-state index contributed by atoms with van der Waals surface area (Å²) in [4.78, 5) is 12.4. The first-order valence-corrected chi connectivity index (χ1v) is 7.86. The maximum Gasteiger partial charge on any atom is 0.276 e. The van der Waals surface area contributed by atoms with Crippen molar-refractivity contribution < 1.29 is 4.79 Å². The predicted molar refractivity (Wildman–Crippen MR) is 89.9 cm³/mol. The highest BCUT2D eigenvalue weighted by molar-refractivity contribution is 6.03. The zero-order chi connectivity index (χ0) is 17.3. The van der Waals surface area contributed by atoms with Crippen LogP contribution < -0.4 is 5.32 Å². The fraction of sp³-hybridized carbons (Fsp3) is 0.375. The van der Waals surface area contributed by atoms with Crippen LogP contribution in [0.15, 0.2) is 24.5 Å². The lowest BCUT2D eigenvalue weighted by atomic mass is 10.3. The van der Waals surface area contributed by atoms with Crippen molar-refractivity contribution in [3.8, 4) is 0 Å². The summed E-state index contributed by atoms with van der Waals surface area (Å²) >= 11 is 0. The number of aromatic nitrogens is 6. The highest BCUT2D eigenvalue weighted by Gasteiger charge is 2.14. The zero-order valence-corrected chi connectivity index (χ0v) is 14.3. The Morgan fingerprint density at radius 1 is 1.21 bits per heavy atom. The fourth-order valence-corrected chi connectivity index (χ4v) is 2.59. The quantitative estimate of drug-likeness (QED) is 0.777. The first-order valence-electron chi connectivity index (χ1n) is 7.86.